The second kappa shape index (κ2) is 18.9. The van der Waals surface area contributed by atoms with Gasteiger partial charge in [-0.05, 0) is 33.1 Å². The molecule has 0 heterocycles. The molecular formula is C22H44N2O10. The third-order valence-electron chi connectivity index (χ3n) is 4.82. The van der Waals surface area contributed by atoms with Gasteiger partial charge in [-0.2, -0.15) is 0 Å². The molecule has 0 saturated heterocycles. The molecule has 3 atom stereocenters. The maximum absolute atomic E-state index is 12.1. The SMILES string of the molecule is CC(O)CN(CCCOC(=O)C(C)CCC(=O)OCCCN(CC(O)O)CC(O)O)CC(C)O. The first-order chi connectivity index (χ1) is 15.9. The van der Waals surface area contributed by atoms with Crippen LogP contribution in [0.15, 0.2) is 0 Å². The Kier molecular flexibility index (Phi) is 18.1. The maximum Gasteiger partial charge on any atom is 0.308 e. The minimum atomic E-state index is -1.62. The summed E-state index contributed by atoms with van der Waals surface area (Å²) in [7, 11) is 0. The molecule has 0 aliphatic heterocycles. The van der Waals surface area contributed by atoms with Gasteiger partial charge in [-0.25, -0.2) is 0 Å². The average Bonchev–Trinajstić information content (AvgIpc) is 2.70. The Hall–Kier alpha value is -1.38. The number of carbonyl (C=O) groups is 2. The highest BCUT2D eigenvalue weighted by Gasteiger charge is 2.18. The molecule has 0 radical (unpaired) electrons. The zero-order valence-corrected chi connectivity index (χ0v) is 20.6. The molecule has 0 fully saturated rings. The van der Waals surface area contributed by atoms with E-state index in [-0.39, 0.29) is 45.7 Å². The van der Waals surface area contributed by atoms with Gasteiger partial charge >= 0.3 is 11.9 Å². The van der Waals surface area contributed by atoms with Gasteiger partial charge in [-0.15, -0.1) is 0 Å². The summed E-state index contributed by atoms with van der Waals surface area (Å²) in [6, 6.07) is 0. The highest BCUT2D eigenvalue weighted by atomic mass is 16.5. The molecular weight excluding hydrogens is 452 g/mol. The van der Waals surface area contributed by atoms with Crippen molar-refractivity contribution in [3.05, 3.63) is 0 Å². The molecule has 0 aromatic carbocycles. The lowest BCUT2D eigenvalue weighted by Gasteiger charge is -2.25. The van der Waals surface area contributed by atoms with Crippen LogP contribution in [-0.2, 0) is 19.1 Å². The average molecular weight is 497 g/mol. The van der Waals surface area contributed by atoms with Crippen LogP contribution < -0.4 is 0 Å². The topological polar surface area (TPSA) is 180 Å². The summed E-state index contributed by atoms with van der Waals surface area (Å²) in [5, 5.41) is 55.1. The fourth-order valence-electron chi connectivity index (χ4n) is 3.33. The third kappa shape index (κ3) is 19.0. The van der Waals surface area contributed by atoms with Gasteiger partial charge in [-0.1, -0.05) is 6.92 Å². The summed E-state index contributed by atoms with van der Waals surface area (Å²) >= 11 is 0. The van der Waals surface area contributed by atoms with Crippen molar-refractivity contribution in [3.8, 4) is 0 Å². The Balaban J connectivity index is 4.07. The maximum atomic E-state index is 12.1. The van der Waals surface area contributed by atoms with Gasteiger partial charge in [0.05, 0.1) is 31.3 Å². The number of hydrogen-bond donors (Lipinski definition) is 6. The van der Waals surface area contributed by atoms with Crippen LogP contribution in [0.3, 0.4) is 0 Å². The standard InChI is InChI=1S/C22H44N2O10/c1-16(22(32)34-11-5-8-23(12-17(2)25)13-18(3)26)6-7-21(31)33-10-4-9-24(14-19(27)28)15-20(29)30/h16-20,25-30H,4-15H2,1-3H3. The molecule has 0 bridgehead atoms. The van der Waals surface area contributed by atoms with Crippen LogP contribution in [0.25, 0.3) is 0 Å². The number of hydrogen-bond acceptors (Lipinski definition) is 12. The van der Waals surface area contributed by atoms with E-state index in [0.717, 1.165) is 0 Å². The molecule has 202 valence electrons. The van der Waals surface area contributed by atoms with Crippen LogP contribution in [0.5, 0.6) is 0 Å². The Bertz CT molecular complexity index is 526. The quantitative estimate of drug-likeness (QED) is 0.0637. The lowest BCUT2D eigenvalue weighted by molar-refractivity contribution is -0.149. The van der Waals surface area contributed by atoms with Gasteiger partial charge in [0.1, 0.15) is 0 Å². The van der Waals surface area contributed by atoms with Gasteiger partial charge in [0, 0.05) is 45.7 Å². The number of esters is 2. The molecule has 0 aromatic heterocycles. The van der Waals surface area contributed by atoms with E-state index in [9.17, 15) is 19.8 Å². The number of nitrogens with zero attached hydrogens (tertiary/aromatic N) is 2. The predicted molar refractivity (Wildman–Crippen MR) is 122 cm³/mol. The smallest absolute Gasteiger partial charge is 0.308 e. The van der Waals surface area contributed by atoms with E-state index in [0.29, 0.717) is 32.5 Å². The Morgan fingerprint density at radius 2 is 1.15 bits per heavy atom. The summed E-state index contributed by atoms with van der Waals surface area (Å²) in [6.07, 6.45) is -3.05. The molecule has 0 saturated carbocycles. The van der Waals surface area contributed by atoms with E-state index in [2.05, 4.69) is 0 Å². The molecule has 12 nitrogen and oxygen atoms in total. The van der Waals surface area contributed by atoms with Crippen molar-refractivity contribution in [2.45, 2.75) is 71.2 Å². The molecule has 0 amide bonds. The minimum absolute atomic E-state index is 0.0429. The Labute approximate surface area is 201 Å². The second-order valence-corrected chi connectivity index (χ2v) is 8.71. The van der Waals surface area contributed by atoms with Crippen molar-refractivity contribution in [2.75, 3.05) is 52.5 Å². The van der Waals surface area contributed by atoms with Crippen LogP contribution in [0.1, 0.15) is 46.5 Å². The van der Waals surface area contributed by atoms with Crippen molar-refractivity contribution >= 4 is 11.9 Å². The molecule has 12 heteroatoms. The van der Waals surface area contributed by atoms with E-state index < -0.39 is 42.6 Å². The number of rotatable bonds is 20. The van der Waals surface area contributed by atoms with E-state index in [4.69, 9.17) is 29.9 Å². The number of carbonyl (C=O) groups excluding carboxylic acids is 2. The molecule has 34 heavy (non-hydrogen) atoms. The Morgan fingerprint density at radius 1 is 0.706 bits per heavy atom. The highest BCUT2D eigenvalue weighted by molar-refractivity contribution is 5.74. The van der Waals surface area contributed by atoms with Gasteiger partial charge in [0.2, 0.25) is 0 Å². The highest BCUT2D eigenvalue weighted by Crippen LogP contribution is 2.10. The molecule has 0 rings (SSSR count). The summed E-state index contributed by atoms with van der Waals surface area (Å²) in [5.41, 5.74) is 0. The van der Waals surface area contributed by atoms with Crippen LogP contribution in [0.2, 0.25) is 0 Å². The van der Waals surface area contributed by atoms with E-state index in [1.165, 1.54) is 4.90 Å². The first-order valence-corrected chi connectivity index (χ1v) is 11.8. The molecule has 0 aliphatic rings. The molecule has 3 unspecified atom stereocenters. The lowest BCUT2D eigenvalue weighted by atomic mass is 10.1. The van der Waals surface area contributed by atoms with Crippen LogP contribution in [0.4, 0.5) is 0 Å². The number of aliphatic hydroxyl groups is 6. The van der Waals surface area contributed by atoms with Gasteiger partial charge in [0.25, 0.3) is 0 Å². The van der Waals surface area contributed by atoms with E-state index in [1.54, 1.807) is 20.8 Å². The summed E-state index contributed by atoms with van der Waals surface area (Å²) in [6.45, 7) is 6.63. The van der Waals surface area contributed by atoms with E-state index >= 15 is 0 Å². The zero-order chi connectivity index (χ0) is 26.1. The lowest BCUT2D eigenvalue weighted by Crippen LogP contribution is -2.38. The van der Waals surface area contributed by atoms with E-state index in [1.807, 2.05) is 4.90 Å². The van der Waals surface area contributed by atoms with Gasteiger partial charge in [0.15, 0.2) is 12.6 Å². The van der Waals surface area contributed by atoms with Crippen molar-refractivity contribution < 1.29 is 49.7 Å². The largest absolute Gasteiger partial charge is 0.466 e. The molecule has 0 aliphatic carbocycles. The number of aliphatic hydroxyl groups excluding tert-OH is 4. The van der Waals surface area contributed by atoms with Gasteiger partial charge in [-0.3, -0.25) is 19.4 Å². The van der Waals surface area contributed by atoms with Crippen molar-refractivity contribution in [3.63, 3.8) is 0 Å². The third-order valence-corrected chi connectivity index (χ3v) is 4.82. The van der Waals surface area contributed by atoms with Crippen molar-refractivity contribution in [1.29, 1.82) is 0 Å². The van der Waals surface area contributed by atoms with Crippen LogP contribution in [0, 0.1) is 5.92 Å². The first-order valence-electron chi connectivity index (χ1n) is 11.8. The summed E-state index contributed by atoms with van der Waals surface area (Å²) in [4.78, 5) is 27.3. The zero-order valence-electron chi connectivity index (χ0n) is 20.6. The molecule has 0 spiro atoms. The predicted octanol–water partition coefficient (Wildman–Crippen LogP) is -1.74. The van der Waals surface area contributed by atoms with Crippen molar-refractivity contribution in [1.82, 2.24) is 9.80 Å². The molecule has 6 N–H and O–H groups in total. The first kappa shape index (κ1) is 32.6. The summed E-state index contributed by atoms with van der Waals surface area (Å²) < 4.78 is 10.4. The van der Waals surface area contributed by atoms with Crippen LogP contribution >= 0.6 is 0 Å². The molecule has 0 aromatic rings. The number of ether oxygens (including phenoxy) is 2. The fraction of sp³-hybridized carbons (Fsp3) is 0.909. The van der Waals surface area contributed by atoms with Crippen molar-refractivity contribution in [2.24, 2.45) is 5.92 Å². The minimum Gasteiger partial charge on any atom is -0.466 e. The Morgan fingerprint density at radius 3 is 1.59 bits per heavy atom. The second-order valence-electron chi connectivity index (χ2n) is 8.71. The monoisotopic (exact) mass is 496 g/mol. The van der Waals surface area contributed by atoms with Gasteiger partial charge < -0.3 is 40.1 Å². The summed E-state index contributed by atoms with van der Waals surface area (Å²) in [5.74, 6) is -1.36. The van der Waals surface area contributed by atoms with Crippen LogP contribution in [-0.4, -0.2) is 130 Å². The normalized spacial score (nSPS) is 14.6. The fourth-order valence-corrected chi connectivity index (χ4v) is 3.33.